The van der Waals surface area contributed by atoms with Crippen molar-refractivity contribution in [2.24, 2.45) is 0 Å². The minimum absolute atomic E-state index is 0.0171. The second kappa shape index (κ2) is 5.41. The lowest BCUT2D eigenvalue weighted by atomic mass is 10.1. The first-order valence-corrected chi connectivity index (χ1v) is 6.56. The van der Waals surface area contributed by atoms with Crippen LogP contribution >= 0.6 is 11.3 Å². The molecule has 0 aliphatic carbocycles. The Bertz CT molecular complexity index is 333. The third-order valence-corrected chi connectivity index (χ3v) is 3.84. The number of aromatic nitrogens is 1. The van der Waals surface area contributed by atoms with Gasteiger partial charge in [-0.25, -0.2) is 4.98 Å². The largest absolute Gasteiger partial charge is 0.354 e. The van der Waals surface area contributed by atoms with Crippen molar-refractivity contribution in [3.8, 4) is 0 Å². The molecule has 1 saturated heterocycles. The van der Waals surface area contributed by atoms with Crippen molar-refractivity contribution in [2.75, 3.05) is 13.1 Å². The first-order valence-electron chi connectivity index (χ1n) is 5.68. The Kier molecular flexibility index (Phi) is 3.90. The van der Waals surface area contributed by atoms with E-state index >= 15 is 0 Å². The molecule has 1 amide bonds. The summed E-state index contributed by atoms with van der Waals surface area (Å²) >= 11 is 1.64. The molecule has 1 aromatic rings. The molecule has 1 fully saturated rings. The summed E-state index contributed by atoms with van der Waals surface area (Å²) < 4.78 is 0. The van der Waals surface area contributed by atoms with E-state index in [2.05, 4.69) is 22.5 Å². The zero-order chi connectivity index (χ0) is 11.4. The molecule has 16 heavy (non-hydrogen) atoms. The van der Waals surface area contributed by atoms with Crippen molar-refractivity contribution in [3.63, 3.8) is 0 Å². The molecule has 0 aromatic carbocycles. The molecule has 1 aromatic heterocycles. The zero-order valence-corrected chi connectivity index (χ0v) is 10.2. The van der Waals surface area contributed by atoms with Gasteiger partial charge in [0.2, 0.25) is 5.91 Å². The highest BCUT2D eigenvalue weighted by Gasteiger charge is 2.22. The van der Waals surface area contributed by atoms with Crippen molar-refractivity contribution in [1.82, 2.24) is 15.6 Å². The van der Waals surface area contributed by atoms with E-state index < -0.39 is 0 Å². The Balaban J connectivity index is 1.76. The van der Waals surface area contributed by atoms with Gasteiger partial charge >= 0.3 is 0 Å². The van der Waals surface area contributed by atoms with E-state index in [9.17, 15) is 4.79 Å². The summed E-state index contributed by atoms with van der Waals surface area (Å²) in [6, 6.07) is 0.0171. The van der Waals surface area contributed by atoms with Gasteiger partial charge in [0.1, 0.15) is 0 Å². The highest BCUT2D eigenvalue weighted by Crippen LogP contribution is 2.16. The second-order valence-corrected chi connectivity index (χ2v) is 5.09. The van der Waals surface area contributed by atoms with E-state index in [1.165, 1.54) is 0 Å². The maximum absolute atomic E-state index is 11.7. The predicted molar refractivity (Wildman–Crippen MR) is 64.6 cm³/mol. The van der Waals surface area contributed by atoms with Gasteiger partial charge in [0.25, 0.3) is 0 Å². The number of amides is 1. The highest BCUT2D eigenvalue weighted by atomic mass is 32.1. The van der Waals surface area contributed by atoms with E-state index in [1.807, 2.05) is 5.38 Å². The highest BCUT2D eigenvalue weighted by molar-refractivity contribution is 7.09. The lowest BCUT2D eigenvalue weighted by molar-refractivity contribution is -0.122. The van der Waals surface area contributed by atoms with Crippen LogP contribution < -0.4 is 10.6 Å². The van der Waals surface area contributed by atoms with Crippen molar-refractivity contribution < 1.29 is 4.79 Å². The lowest BCUT2D eigenvalue weighted by Gasteiger charge is -2.13. The summed E-state index contributed by atoms with van der Waals surface area (Å²) in [6.07, 6.45) is 3.86. The Morgan fingerprint density at radius 2 is 2.69 bits per heavy atom. The molecule has 0 bridgehead atoms. The predicted octanol–water partition coefficient (Wildman–Crippen LogP) is 1.11. The van der Waals surface area contributed by atoms with E-state index in [1.54, 1.807) is 17.5 Å². The second-order valence-electron chi connectivity index (χ2n) is 4.17. The number of carbonyl (C=O) groups excluding carboxylic acids is 1. The molecule has 1 aliphatic heterocycles. The van der Waals surface area contributed by atoms with Gasteiger partial charge in [0.05, 0.1) is 11.0 Å². The smallest absolute Gasteiger partial charge is 0.237 e. The van der Waals surface area contributed by atoms with Crippen molar-refractivity contribution in [3.05, 3.63) is 16.6 Å². The van der Waals surface area contributed by atoms with Gasteiger partial charge in [-0.1, -0.05) is 6.92 Å². The fourth-order valence-electron chi connectivity index (χ4n) is 1.85. The van der Waals surface area contributed by atoms with Gasteiger partial charge in [-0.2, -0.15) is 0 Å². The summed E-state index contributed by atoms with van der Waals surface area (Å²) in [5, 5.41) is 9.22. The van der Waals surface area contributed by atoms with Gasteiger partial charge in [-0.15, -0.1) is 11.3 Å². The van der Waals surface area contributed by atoms with Crippen molar-refractivity contribution in [1.29, 1.82) is 0 Å². The molecule has 0 spiro atoms. The molecule has 0 saturated carbocycles. The van der Waals surface area contributed by atoms with Crippen LogP contribution in [0.3, 0.4) is 0 Å². The first kappa shape index (κ1) is 11.5. The molecule has 4 nitrogen and oxygen atoms in total. The molecule has 0 radical (unpaired) electrons. The summed E-state index contributed by atoms with van der Waals surface area (Å²) in [7, 11) is 0. The number of thiazole rings is 1. The van der Waals surface area contributed by atoms with Crippen LogP contribution in [0.5, 0.6) is 0 Å². The quantitative estimate of drug-likeness (QED) is 0.827. The van der Waals surface area contributed by atoms with Gasteiger partial charge in [-0.3, -0.25) is 4.79 Å². The number of hydrogen-bond donors (Lipinski definition) is 2. The number of hydrogen-bond acceptors (Lipinski definition) is 4. The molecule has 2 heterocycles. The monoisotopic (exact) mass is 239 g/mol. The maximum Gasteiger partial charge on any atom is 0.237 e. The van der Waals surface area contributed by atoms with Crippen molar-refractivity contribution in [2.45, 2.75) is 31.7 Å². The van der Waals surface area contributed by atoms with Gasteiger partial charge in [0.15, 0.2) is 0 Å². The number of carbonyl (C=O) groups is 1. The molecule has 2 atom stereocenters. The van der Waals surface area contributed by atoms with E-state index in [-0.39, 0.29) is 11.9 Å². The Labute approximate surface area is 99.5 Å². The van der Waals surface area contributed by atoms with Gasteiger partial charge in [-0.05, 0) is 19.4 Å². The molecular weight excluding hydrogens is 222 g/mol. The third kappa shape index (κ3) is 2.80. The zero-order valence-electron chi connectivity index (χ0n) is 9.40. The Morgan fingerprint density at radius 3 is 3.31 bits per heavy atom. The van der Waals surface area contributed by atoms with Crippen LogP contribution in [0.4, 0.5) is 0 Å². The van der Waals surface area contributed by atoms with Gasteiger partial charge in [0, 0.05) is 24.0 Å². The van der Waals surface area contributed by atoms with Crippen LogP contribution in [0.1, 0.15) is 30.7 Å². The average molecular weight is 239 g/mol. The molecule has 88 valence electrons. The molecule has 2 rings (SSSR count). The summed E-state index contributed by atoms with van der Waals surface area (Å²) in [5.74, 6) is 0.422. The molecular formula is C11H17N3OS. The fraction of sp³-hybridized carbons (Fsp3) is 0.636. The van der Waals surface area contributed by atoms with Crippen LogP contribution in [-0.4, -0.2) is 30.0 Å². The van der Waals surface area contributed by atoms with Crippen LogP contribution in [0.2, 0.25) is 0 Å². The topological polar surface area (TPSA) is 54.0 Å². The molecule has 5 heteroatoms. The molecule has 2 N–H and O–H groups in total. The fourth-order valence-corrected chi connectivity index (χ4v) is 2.55. The standard InChI is InChI=1S/C11H17N3OS/c1-8(11-13-5-6-16-11)7-14-10(15)9-3-2-4-12-9/h5-6,8-9,12H,2-4,7H2,1H3,(H,14,15). The SMILES string of the molecule is CC(CNC(=O)C1CCCN1)c1nccs1. The van der Waals surface area contributed by atoms with Gasteiger partial charge < -0.3 is 10.6 Å². The number of rotatable bonds is 4. The summed E-state index contributed by atoms with van der Waals surface area (Å²) in [6.45, 7) is 3.71. The van der Waals surface area contributed by atoms with Crippen LogP contribution in [0.25, 0.3) is 0 Å². The maximum atomic E-state index is 11.7. The average Bonchev–Trinajstić information content (AvgIpc) is 2.95. The van der Waals surface area contributed by atoms with Crippen LogP contribution in [0, 0.1) is 0 Å². The number of nitrogens with one attached hydrogen (secondary N) is 2. The van der Waals surface area contributed by atoms with E-state index in [0.29, 0.717) is 12.5 Å². The Morgan fingerprint density at radius 1 is 1.81 bits per heavy atom. The normalized spacial score (nSPS) is 21.9. The van der Waals surface area contributed by atoms with Crippen molar-refractivity contribution >= 4 is 17.2 Å². The van der Waals surface area contributed by atoms with Crippen LogP contribution in [0.15, 0.2) is 11.6 Å². The third-order valence-electron chi connectivity index (χ3n) is 2.83. The summed E-state index contributed by atoms with van der Waals surface area (Å²) in [5.41, 5.74) is 0. The molecule has 1 aliphatic rings. The minimum atomic E-state index is 0.0171. The van der Waals surface area contributed by atoms with Crippen LogP contribution in [-0.2, 0) is 4.79 Å². The summed E-state index contributed by atoms with van der Waals surface area (Å²) in [4.78, 5) is 16.0. The molecule has 2 unspecified atom stereocenters. The minimum Gasteiger partial charge on any atom is -0.354 e. The Hall–Kier alpha value is -0.940. The lowest BCUT2D eigenvalue weighted by Crippen LogP contribution is -2.41. The first-order chi connectivity index (χ1) is 7.77. The number of nitrogens with zero attached hydrogens (tertiary/aromatic N) is 1. The van der Waals surface area contributed by atoms with E-state index in [4.69, 9.17) is 0 Å². The van der Waals surface area contributed by atoms with E-state index in [0.717, 1.165) is 24.4 Å².